The van der Waals surface area contributed by atoms with E-state index in [1.54, 1.807) is 0 Å². The highest BCUT2D eigenvalue weighted by Gasteiger charge is 2.51. The molecule has 2 unspecified atom stereocenters. The Hall–Kier alpha value is -7.47. The van der Waals surface area contributed by atoms with Crippen molar-refractivity contribution < 1.29 is 0 Å². The van der Waals surface area contributed by atoms with Crippen LogP contribution in [0.4, 0.5) is 28.4 Å². The normalized spacial score (nSPS) is 18.3. The average molecular weight is 813 g/mol. The Labute approximate surface area is 365 Å². The molecule has 4 heterocycles. The third kappa shape index (κ3) is 5.03. The molecular weight excluding hydrogens is 773 g/mol. The molecule has 3 aliphatic heterocycles. The smallest absolute Gasteiger partial charge is 0.130 e. The molecule has 0 amide bonds. The molecule has 0 fully saturated rings. The minimum atomic E-state index is -0.525. The van der Waals surface area contributed by atoms with E-state index in [2.05, 4.69) is 238 Å². The summed E-state index contributed by atoms with van der Waals surface area (Å²) in [7, 11) is 0. The third-order valence-electron chi connectivity index (χ3n) is 13.3. The fourth-order valence-electron chi connectivity index (χ4n) is 10.8. The topological polar surface area (TPSA) is 23.4 Å². The molecule has 1 aliphatic carbocycles. The van der Waals surface area contributed by atoms with E-state index in [-0.39, 0.29) is 6.17 Å². The number of nitrogens with zero attached hydrogens (tertiary/aromatic N) is 3. The molecular formula is C57H40N4S. The second-order valence-electron chi connectivity index (χ2n) is 16.5. The predicted octanol–water partition coefficient (Wildman–Crippen LogP) is 14.8. The highest BCUT2D eigenvalue weighted by Crippen LogP contribution is 2.63. The van der Waals surface area contributed by atoms with Gasteiger partial charge in [-0.3, -0.25) is 0 Å². The van der Waals surface area contributed by atoms with Crippen molar-refractivity contribution in [3.8, 4) is 5.69 Å². The van der Waals surface area contributed by atoms with Crippen molar-refractivity contribution in [3.05, 3.63) is 252 Å². The molecule has 1 N–H and O–H groups in total. The first kappa shape index (κ1) is 35.3. The van der Waals surface area contributed by atoms with E-state index in [0.717, 1.165) is 29.2 Å². The second kappa shape index (κ2) is 13.8. The van der Waals surface area contributed by atoms with Gasteiger partial charge in [-0.2, -0.15) is 0 Å². The first-order valence-corrected chi connectivity index (χ1v) is 22.3. The van der Waals surface area contributed by atoms with Crippen LogP contribution in [0.3, 0.4) is 0 Å². The van der Waals surface area contributed by atoms with Gasteiger partial charge in [0.15, 0.2) is 0 Å². The van der Waals surface area contributed by atoms with E-state index in [1.165, 1.54) is 76.5 Å². The molecule has 5 heteroatoms. The van der Waals surface area contributed by atoms with E-state index in [0.29, 0.717) is 0 Å². The average Bonchev–Trinajstić information content (AvgIpc) is 3.77. The van der Waals surface area contributed by atoms with Crippen molar-refractivity contribution in [2.24, 2.45) is 0 Å². The van der Waals surface area contributed by atoms with Crippen LogP contribution in [0, 0.1) is 0 Å². The Morgan fingerprint density at radius 3 is 2.05 bits per heavy atom. The van der Waals surface area contributed by atoms with Gasteiger partial charge >= 0.3 is 0 Å². The monoisotopic (exact) mass is 812 g/mol. The number of anilines is 5. The van der Waals surface area contributed by atoms with E-state index in [4.69, 9.17) is 0 Å². The Kier molecular flexibility index (Phi) is 7.85. The lowest BCUT2D eigenvalue weighted by molar-refractivity contribution is 0.650. The van der Waals surface area contributed by atoms with Gasteiger partial charge in [0.2, 0.25) is 0 Å². The highest BCUT2D eigenvalue weighted by molar-refractivity contribution is 7.99. The number of para-hydroxylation sites is 6. The van der Waals surface area contributed by atoms with Crippen molar-refractivity contribution in [2.45, 2.75) is 27.8 Å². The van der Waals surface area contributed by atoms with Gasteiger partial charge in [-0.15, -0.1) is 0 Å². The number of allylic oxidation sites excluding steroid dienone is 5. The SMILES string of the molecule is C1=CCC2=C(C=C1)N(c1ccccc1)c1ccccc1C21c2ccccc2Sc2cc3c(cc21)c1ccccc1n3-c1ccc(C2Nc3ccccc3N2c2ccccc2)cc1. The number of benzene rings is 8. The molecule has 1 aromatic heterocycles. The van der Waals surface area contributed by atoms with Crippen molar-refractivity contribution in [1.82, 2.24) is 4.57 Å². The summed E-state index contributed by atoms with van der Waals surface area (Å²) >= 11 is 1.91. The number of nitrogens with one attached hydrogen (secondary N) is 1. The van der Waals surface area contributed by atoms with Crippen molar-refractivity contribution in [2.75, 3.05) is 15.1 Å². The van der Waals surface area contributed by atoms with E-state index in [9.17, 15) is 0 Å². The number of hydrogen-bond acceptors (Lipinski definition) is 4. The lowest BCUT2D eigenvalue weighted by Gasteiger charge is -2.49. The van der Waals surface area contributed by atoms with Crippen LogP contribution in [-0.2, 0) is 5.41 Å². The fourth-order valence-corrected chi connectivity index (χ4v) is 12.0. The maximum absolute atomic E-state index is 3.83. The van der Waals surface area contributed by atoms with Crippen LogP contribution in [-0.4, -0.2) is 4.57 Å². The predicted molar refractivity (Wildman–Crippen MR) is 258 cm³/mol. The largest absolute Gasteiger partial charge is 0.359 e. The highest BCUT2D eigenvalue weighted by atomic mass is 32.2. The van der Waals surface area contributed by atoms with Crippen LogP contribution in [0.25, 0.3) is 27.5 Å². The van der Waals surface area contributed by atoms with Crippen LogP contribution in [0.2, 0.25) is 0 Å². The molecule has 8 aromatic carbocycles. The van der Waals surface area contributed by atoms with E-state index >= 15 is 0 Å². The van der Waals surface area contributed by atoms with Crippen molar-refractivity contribution in [1.29, 1.82) is 0 Å². The Morgan fingerprint density at radius 1 is 0.516 bits per heavy atom. The Bertz CT molecular complexity index is 3340. The summed E-state index contributed by atoms with van der Waals surface area (Å²) in [4.78, 5) is 7.48. The molecule has 1 spiro atoms. The maximum atomic E-state index is 3.83. The fraction of sp³-hybridized carbons (Fsp3) is 0.0526. The molecule has 0 radical (unpaired) electrons. The summed E-state index contributed by atoms with van der Waals surface area (Å²) in [6.07, 6.45) is 9.90. The van der Waals surface area contributed by atoms with Gasteiger partial charge in [0, 0.05) is 43.3 Å². The molecule has 4 aliphatic rings. The lowest BCUT2D eigenvalue weighted by Crippen LogP contribution is -2.41. The standard InChI is InChI=1S/C57H40N4S/c1-4-18-39(19-5-1)60-50-28-9-3-8-23-44(50)57(45-24-11-15-29-51(45)60)46-25-12-17-31-54(46)62-55-37-53-43(36-47(55)57)42-22-10-14-27-49(42)59(53)41-34-32-38(33-35-41)56-58-48-26-13-16-30-52(48)61(56)40-20-6-2-7-21-40/h1-22,24-37,56,58H,23H2. The first-order valence-electron chi connectivity index (χ1n) is 21.4. The van der Waals surface area contributed by atoms with Crippen LogP contribution >= 0.6 is 11.8 Å². The molecule has 0 saturated carbocycles. The van der Waals surface area contributed by atoms with E-state index < -0.39 is 5.41 Å². The number of fused-ring (bicyclic) bond motifs is 11. The van der Waals surface area contributed by atoms with Gasteiger partial charge < -0.3 is 19.7 Å². The molecule has 62 heavy (non-hydrogen) atoms. The summed E-state index contributed by atoms with van der Waals surface area (Å²) in [6, 6.07) is 71.6. The Morgan fingerprint density at radius 2 is 1.21 bits per heavy atom. The quantitative estimate of drug-likeness (QED) is 0.191. The minimum Gasteiger partial charge on any atom is -0.359 e. The zero-order valence-corrected chi connectivity index (χ0v) is 34.6. The summed E-state index contributed by atoms with van der Waals surface area (Å²) < 4.78 is 2.47. The zero-order valence-electron chi connectivity index (χ0n) is 33.8. The zero-order chi connectivity index (χ0) is 40.8. The van der Waals surface area contributed by atoms with Crippen molar-refractivity contribution in [3.63, 3.8) is 0 Å². The van der Waals surface area contributed by atoms with Gasteiger partial charge in [-0.1, -0.05) is 145 Å². The van der Waals surface area contributed by atoms with Crippen molar-refractivity contribution >= 4 is 62.0 Å². The second-order valence-corrected chi connectivity index (χ2v) is 17.6. The third-order valence-corrected chi connectivity index (χ3v) is 14.4. The molecule has 0 bridgehead atoms. The summed E-state index contributed by atoms with van der Waals surface area (Å²) in [5.74, 6) is 0. The van der Waals surface area contributed by atoms with Gasteiger partial charge in [-0.05, 0) is 119 Å². The number of hydrogen-bond donors (Lipinski definition) is 1. The molecule has 0 saturated heterocycles. The van der Waals surface area contributed by atoms with Gasteiger partial charge in [0.05, 0.1) is 33.5 Å². The first-order chi connectivity index (χ1) is 30.8. The van der Waals surface area contributed by atoms with Gasteiger partial charge in [-0.25, -0.2) is 0 Å². The molecule has 4 nitrogen and oxygen atoms in total. The Balaban J connectivity index is 1.02. The molecule has 9 aromatic rings. The van der Waals surface area contributed by atoms with Crippen LogP contribution in [0.1, 0.15) is 34.8 Å². The minimum absolute atomic E-state index is 0.0364. The molecule has 2 atom stereocenters. The van der Waals surface area contributed by atoms with Crippen LogP contribution in [0.5, 0.6) is 0 Å². The molecule has 13 rings (SSSR count). The summed E-state index contributed by atoms with van der Waals surface area (Å²) in [5.41, 5.74) is 16.7. The number of aromatic nitrogens is 1. The summed E-state index contributed by atoms with van der Waals surface area (Å²) in [6.45, 7) is 0. The lowest BCUT2D eigenvalue weighted by atomic mass is 9.61. The molecule has 294 valence electrons. The van der Waals surface area contributed by atoms with Crippen LogP contribution < -0.4 is 15.1 Å². The van der Waals surface area contributed by atoms with Gasteiger partial charge in [0.25, 0.3) is 0 Å². The van der Waals surface area contributed by atoms with Crippen LogP contribution in [0.15, 0.2) is 239 Å². The van der Waals surface area contributed by atoms with Gasteiger partial charge in [0.1, 0.15) is 6.17 Å². The van der Waals surface area contributed by atoms with E-state index in [1.807, 2.05) is 11.8 Å². The number of rotatable bonds is 4. The summed E-state index contributed by atoms with van der Waals surface area (Å²) in [5, 5.41) is 6.34. The maximum Gasteiger partial charge on any atom is 0.130 e.